The highest BCUT2D eigenvalue weighted by molar-refractivity contribution is 5.85. The lowest BCUT2D eigenvalue weighted by molar-refractivity contribution is -0.147. The third kappa shape index (κ3) is 5.11. The molecule has 112 valence electrons. The van der Waals surface area contributed by atoms with Crippen LogP contribution in [0.1, 0.15) is 53.4 Å². The molecule has 1 aliphatic heterocycles. The standard InChI is InChI=1S/C15H30N2O2/c1-12(6-7-14(2,3)4)17-13(18)15(19-5)8-10-16-11-9-15/h12,16H,6-11H2,1-5H3,(H,17,18). The van der Waals surface area contributed by atoms with Gasteiger partial charge in [-0.25, -0.2) is 0 Å². The number of nitrogens with one attached hydrogen (secondary N) is 2. The molecule has 1 rings (SSSR count). The van der Waals surface area contributed by atoms with E-state index in [1.54, 1.807) is 7.11 Å². The Bertz CT molecular complexity index is 291. The molecule has 0 radical (unpaired) electrons. The molecular weight excluding hydrogens is 240 g/mol. The van der Waals surface area contributed by atoms with Gasteiger partial charge in [-0.3, -0.25) is 4.79 Å². The van der Waals surface area contributed by atoms with Gasteiger partial charge in [0.05, 0.1) is 0 Å². The molecule has 0 aromatic carbocycles. The number of methoxy groups -OCH3 is 1. The van der Waals surface area contributed by atoms with E-state index in [1.807, 2.05) is 0 Å². The van der Waals surface area contributed by atoms with E-state index in [1.165, 1.54) is 0 Å². The van der Waals surface area contributed by atoms with E-state index in [-0.39, 0.29) is 11.9 Å². The van der Waals surface area contributed by atoms with Crippen LogP contribution in [0.5, 0.6) is 0 Å². The molecule has 0 spiro atoms. The molecule has 0 aliphatic carbocycles. The van der Waals surface area contributed by atoms with Crippen molar-refractivity contribution in [3.8, 4) is 0 Å². The molecule has 2 N–H and O–H groups in total. The van der Waals surface area contributed by atoms with E-state index in [0.717, 1.165) is 38.8 Å². The summed E-state index contributed by atoms with van der Waals surface area (Å²) in [5.41, 5.74) is -0.312. The largest absolute Gasteiger partial charge is 0.368 e. The molecule has 0 aromatic rings. The summed E-state index contributed by atoms with van der Waals surface area (Å²) >= 11 is 0. The summed E-state index contributed by atoms with van der Waals surface area (Å²) in [4.78, 5) is 12.4. The molecule has 1 heterocycles. The highest BCUT2D eigenvalue weighted by Crippen LogP contribution is 2.24. The van der Waals surface area contributed by atoms with E-state index in [9.17, 15) is 4.79 Å². The summed E-state index contributed by atoms with van der Waals surface area (Å²) in [5.74, 6) is 0.0536. The first-order valence-electron chi connectivity index (χ1n) is 7.36. The van der Waals surface area contributed by atoms with E-state index >= 15 is 0 Å². The van der Waals surface area contributed by atoms with Gasteiger partial charge in [-0.15, -0.1) is 0 Å². The minimum absolute atomic E-state index is 0.0536. The van der Waals surface area contributed by atoms with Crippen LogP contribution in [0.25, 0.3) is 0 Å². The zero-order chi connectivity index (χ0) is 14.5. The van der Waals surface area contributed by atoms with Gasteiger partial charge in [0.15, 0.2) is 0 Å². The quantitative estimate of drug-likeness (QED) is 0.804. The number of ether oxygens (including phenoxy) is 1. The molecule has 0 saturated carbocycles. The van der Waals surface area contributed by atoms with Crippen molar-refractivity contribution in [3.05, 3.63) is 0 Å². The molecule has 1 atom stereocenters. The fourth-order valence-electron chi connectivity index (χ4n) is 2.43. The Labute approximate surface area is 117 Å². The number of rotatable bonds is 5. The molecule has 1 saturated heterocycles. The van der Waals surface area contributed by atoms with Crippen LogP contribution < -0.4 is 10.6 Å². The van der Waals surface area contributed by atoms with Crippen LogP contribution in [-0.4, -0.2) is 37.7 Å². The topological polar surface area (TPSA) is 50.4 Å². The van der Waals surface area contributed by atoms with Crippen LogP contribution in [0, 0.1) is 5.41 Å². The summed E-state index contributed by atoms with van der Waals surface area (Å²) < 4.78 is 5.53. The van der Waals surface area contributed by atoms with Crippen LogP contribution >= 0.6 is 0 Å². The molecule has 4 nitrogen and oxygen atoms in total. The van der Waals surface area contributed by atoms with E-state index in [0.29, 0.717) is 5.41 Å². The molecule has 1 amide bonds. The smallest absolute Gasteiger partial charge is 0.252 e. The van der Waals surface area contributed by atoms with Gasteiger partial charge in [0, 0.05) is 13.2 Å². The molecular formula is C15H30N2O2. The zero-order valence-corrected chi connectivity index (χ0v) is 13.1. The summed E-state index contributed by atoms with van der Waals surface area (Å²) in [5, 5.41) is 6.39. The van der Waals surface area contributed by atoms with Crippen molar-refractivity contribution in [3.63, 3.8) is 0 Å². The highest BCUT2D eigenvalue weighted by Gasteiger charge is 2.40. The molecule has 1 aliphatic rings. The molecule has 0 aromatic heterocycles. The Morgan fingerprint density at radius 1 is 1.37 bits per heavy atom. The Morgan fingerprint density at radius 2 is 1.95 bits per heavy atom. The monoisotopic (exact) mass is 270 g/mol. The molecule has 0 bridgehead atoms. The van der Waals surface area contributed by atoms with Gasteiger partial charge in [-0.05, 0) is 51.1 Å². The Kier molecular flexibility index (Phi) is 5.81. The lowest BCUT2D eigenvalue weighted by Gasteiger charge is -2.36. The van der Waals surface area contributed by atoms with Crippen molar-refractivity contribution in [1.29, 1.82) is 0 Å². The van der Waals surface area contributed by atoms with Crippen molar-refractivity contribution >= 4 is 5.91 Å². The lowest BCUT2D eigenvalue weighted by Crippen LogP contribution is -2.55. The number of piperidine rings is 1. The van der Waals surface area contributed by atoms with Crippen molar-refractivity contribution in [2.24, 2.45) is 5.41 Å². The first kappa shape index (κ1) is 16.4. The second-order valence-electron chi connectivity index (χ2n) is 6.92. The molecule has 4 heteroatoms. The van der Waals surface area contributed by atoms with Gasteiger partial charge in [-0.2, -0.15) is 0 Å². The van der Waals surface area contributed by atoms with Crippen LogP contribution in [-0.2, 0) is 9.53 Å². The van der Waals surface area contributed by atoms with Gasteiger partial charge in [-0.1, -0.05) is 20.8 Å². The van der Waals surface area contributed by atoms with Gasteiger partial charge in [0.25, 0.3) is 5.91 Å². The SMILES string of the molecule is COC1(C(=O)NC(C)CCC(C)(C)C)CCNCC1. The average molecular weight is 270 g/mol. The summed E-state index contributed by atoms with van der Waals surface area (Å²) in [6.07, 6.45) is 3.62. The third-order valence-electron chi connectivity index (χ3n) is 3.92. The van der Waals surface area contributed by atoms with Crippen LogP contribution in [0.4, 0.5) is 0 Å². The first-order valence-corrected chi connectivity index (χ1v) is 7.36. The third-order valence-corrected chi connectivity index (χ3v) is 3.92. The Morgan fingerprint density at radius 3 is 2.42 bits per heavy atom. The Hall–Kier alpha value is -0.610. The number of hydrogen-bond donors (Lipinski definition) is 2. The van der Waals surface area contributed by atoms with Crippen LogP contribution in [0.15, 0.2) is 0 Å². The second-order valence-corrected chi connectivity index (χ2v) is 6.92. The van der Waals surface area contributed by atoms with Gasteiger partial charge >= 0.3 is 0 Å². The normalized spacial score (nSPS) is 20.9. The maximum atomic E-state index is 12.4. The first-order chi connectivity index (χ1) is 8.79. The van der Waals surface area contributed by atoms with Crippen molar-refractivity contribution in [2.75, 3.05) is 20.2 Å². The van der Waals surface area contributed by atoms with E-state index < -0.39 is 5.60 Å². The summed E-state index contributed by atoms with van der Waals surface area (Å²) in [7, 11) is 1.64. The Balaban J connectivity index is 2.48. The predicted molar refractivity (Wildman–Crippen MR) is 78.1 cm³/mol. The lowest BCUT2D eigenvalue weighted by atomic mass is 9.88. The maximum absolute atomic E-state index is 12.4. The zero-order valence-electron chi connectivity index (χ0n) is 13.1. The van der Waals surface area contributed by atoms with Crippen molar-refractivity contribution in [1.82, 2.24) is 10.6 Å². The average Bonchev–Trinajstić information content (AvgIpc) is 2.36. The van der Waals surface area contributed by atoms with Crippen LogP contribution in [0.2, 0.25) is 0 Å². The van der Waals surface area contributed by atoms with Gasteiger partial charge in [0.2, 0.25) is 0 Å². The maximum Gasteiger partial charge on any atom is 0.252 e. The fourth-order valence-corrected chi connectivity index (χ4v) is 2.43. The van der Waals surface area contributed by atoms with Gasteiger partial charge < -0.3 is 15.4 Å². The fraction of sp³-hybridized carbons (Fsp3) is 0.933. The van der Waals surface area contributed by atoms with Crippen molar-refractivity contribution < 1.29 is 9.53 Å². The number of hydrogen-bond acceptors (Lipinski definition) is 3. The minimum Gasteiger partial charge on any atom is -0.368 e. The van der Waals surface area contributed by atoms with Gasteiger partial charge in [0.1, 0.15) is 5.60 Å². The van der Waals surface area contributed by atoms with E-state index in [4.69, 9.17) is 4.74 Å². The van der Waals surface area contributed by atoms with E-state index in [2.05, 4.69) is 38.3 Å². The number of carbonyl (C=O) groups is 1. The number of carbonyl (C=O) groups excluding carboxylic acids is 1. The predicted octanol–water partition coefficient (Wildman–Crippen LogP) is 2.09. The summed E-state index contributed by atoms with van der Waals surface area (Å²) in [6, 6.07) is 0.202. The molecule has 1 fully saturated rings. The summed E-state index contributed by atoms with van der Waals surface area (Å²) in [6.45, 7) is 10.4. The minimum atomic E-state index is -0.624. The van der Waals surface area contributed by atoms with Crippen LogP contribution in [0.3, 0.4) is 0 Å². The van der Waals surface area contributed by atoms with Crippen molar-refractivity contribution in [2.45, 2.75) is 65.0 Å². The molecule has 19 heavy (non-hydrogen) atoms. The highest BCUT2D eigenvalue weighted by atomic mass is 16.5. The second kappa shape index (κ2) is 6.71. The molecule has 1 unspecified atom stereocenters. The number of amides is 1.